The summed E-state index contributed by atoms with van der Waals surface area (Å²) in [5.74, 6) is 1.44. The maximum Gasteiger partial charge on any atom is 0.178 e. The van der Waals surface area contributed by atoms with E-state index in [4.69, 9.17) is 15.7 Å². The molecule has 1 aromatic carbocycles. The van der Waals surface area contributed by atoms with Gasteiger partial charge in [0.05, 0.1) is 11.4 Å². The van der Waals surface area contributed by atoms with Crippen LogP contribution in [0, 0.1) is 6.92 Å². The average Bonchev–Trinajstić information content (AvgIpc) is 2.86. The molecule has 1 saturated heterocycles. The summed E-state index contributed by atoms with van der Waals surface area (Å²) in [6.45, 7) is 4.01. The second kappa shape index (κ2) is 10.1. The summed E-state index contributed by atoms with van der Waals surface area (Å²) in [5.41, 5.74) is 12.1. The Kier molecular flexibility index (Phi) is 6.53. The average molecular weight is 452 g/mol. The first-order valence-corrected chi connectivity index (χ1v) is 11.8. The number of anilines is 1. The Balaban J connectivity index is 1.26. The SMILES string of the molecule is Cc1cccc(-c2nccc(Cc3ccnc(Cc4ccc(N5CCC(N)CC5)cc4)n3)n2)n1. The number of hydrogen-bond donors (Lipinski definition) is 1. The molecule has 0 bridgehead atoms. The van der Waals surface area contributed by atoms with Crippen molar-refractivity contribution < 1.29 is 0 Å². The summed E-state index contributed by atoms with van der Waals surface area (Å²) in [7, 11) is 0. The topological polar surface area (TPSA) is 93.7 Å². The third-order valence-electron chi connectivity index (χ3n) is 6.16. The fraction of sp³-hybridized carbons (Fsp3) is 0.296. The van der Waals surface area contributed by atoms with E-state index in [1.165, 1.54) is 11.3 Å². The molecule has 1 aliphatic heterocycles. The highest BCUT2D eigenvalue weighted by Crippen LogP contribution is 2.21. The molecule has 0 unspecified atom stereocenters. The molecule has 1 aliphatic rings. The monoisotopic (exact) mass is 451 g/mol. The van der Waals surface area contributed by atoms with E-state index in [0.717, 1.165) is 54.5 Å². The van der Waals surface area contributed by atoms with Crippen LogP contribution < -0.4 is 10.6 Å². The lowest BCUT2D eigenvalue weighted by molar-refractivity contribution is 0.501. The van der Waals surface area contributed by atoms with Crippen molar-refractivity contribution in [1.82, 2.24) is 24.9 Å². The Morgan fingerprint density at radius 3 is 2.32 bits per heavy atom. The number of nitrogens with zero attached hydrogens (tertiary/aromatic N) is 6. The molecule has 34 heavy (non-hydrogen) atoms. The summed E-state index contributed by atoms with van der Waals surface area (Å²) in [4.78, 5) is 25.3. The van der Waals surface area contributed by atoms with Gasteiger partial charge in [-0.1, -0.05) is 18.2 Å². The van der Waals surface area contributed by atoms with Crippen LogP contribution in [0.2, 0.25) is 0 Å². The minimum atomic E-state index is 0.341. The van der Waals surface area contributed by atoms with Crippen LogP contribution in [0.3, 0.4) is 0 Å². The first-order valence-electron chi connectivity index (χ1n) is 11.8. The standard InChI is InChI=1S/C27H29N7/c1-19-3-2-4-25(31-19)27-30-14-10-23(33-27)18-22-9-13-29-26(32-22)17-20-5-7-24(8-6-20)34-15-11-21(28)12-16-34/h2-10,13-14,21H,11-12,15-18,28H2,1H3. The molecule has 2 N–H and O–H groups in total. The number of nitrogens with two attached hydrogens (primary N) is 1. The van der Waals surface area contributed by atoms with Gasteiger partial charge in [-0.3, -0.25) is 0 Å². The number of aryl methyl sites for hydroxylation is 1. The van der Waals surface area contributed by atoms with Crippen LogP contribution in [-0.2, 0) is 12.8 Å². The van der Waals surface area contributed by atoms with Crippen molar-refractivity contribution in [2.75, 3.05) is 18.0 Å². The van der Waals surface area contributed by atoms with E-state index >= 15 is 0 Å². The quantitative estimate of drug-likeness (QED) is 0.477. The van der Waals surface area contributed by atoms with E-state index in [-0.39, 0.29) is 0 Å². The second-order valence-corrected chi connectivity index (χ2v) is 8.84. The summed E-state index contributed by atoms with van der Waals surface area (Å²) in [5, 5.41) is 0. The van der Waals surface area contributed by atoms with Crippen LogP contribution in [0.25, 0.3) is 11.5 Å². The molecule has 0 saturated carbocycles. The molecule has 1 fully saturated rings. The second-order valence-electron chi connectivity index (χ2n) is 8.84. The predicted molar refractivity (Wildman–Crippen MR) is 134 cm³/mol. The van der Waals surface area contributed by atoms with Crippen LogP contribution in [0.15, 0.2) is 67.0 Å². The maximum atomic E-state index is 6.03. The van der Waals surface area contributed by atoms with E-state index in [2.05, 4.69) is 44.1 Å². The molecule has 4 heterocycles. The van der Waals surface area contributed by atoms with Crippen LogP contribution in [0.4, 0.5) is 5.69 Å². The van der Waals surface area contributed by atoms with Gasteiger partial charge in [-0.15, -0.1) is 0 Å². The molecule has 3 aromatic heterocycles. The van der Waals surface area contributed by atoms with Gasteiger partial charge < -0.3 is 10.6 Å². The number of piperidine rings is 1. The Labute approximate surface area is 200 Å². The number of aromatic nitrogens is 5. The Hall–Kier alpha value is -3.71. The van der Waals surface area contributed by atoms with Gasteiger partial charge in [-0.25, -0.2) is 24.9 Å². The first kappa shape index (κ1) is 22.1. The predicted octanol–water partition coefficient (Wildman–Crippen LogP) is 3.75. The van der Waals surface area contributed by atoms with Gasteiger partial charge in [0, 0.05) is 55.7 Å². The van der Waals surface area contributed by atoms with E-state index in [1.54, 1.807) is 6.20 Å². The van der Waals surface area contributed by atoms with Crippen molar-refractivity contribution in [2.45, 2.75) is 38.6 Å². The fourth-order valence-corrected chi connectivity index (χ4v) is 4.26. The molecule has 7 heteroatoms. The van der Waals surface area contributed by atoms with Crippen LogP contribution in [0.1, 0.15) is 41.3 Å². The molecule has 0 spiro atoms. The molecule has 0 atom stereocenters. The summed E-state index contributed by atoms with van der Waals surface area (Å²) in [6.07, 6.45) is 7.03. The molecule has 172 valence electrons. The zero-order chi connectivity index (χ0) is 23.3. The molecule has 0 radical (unpaired) electrons. The molecule has 0 aliphatic carbocycles. The fourth-order valence-electron chi connectivity index (χ4n) is 4.26. The van der Waals surface area contributed by atoms with E-state index < -0.39 is 0 Å². The van der Waals surface area contributed by atoms with Crippen LogP contribution in [-0.4, -0.2) is 44.1 Å². The van der Waals surface area contributed by atoms with Gasteiger partial charge in [-0.2, -0.15) is 0 Å². The molecule has 4 aromatic rings. The van der Waals surface area contributed by atoms with Gasteiger partial charge in [0.2, 0.25) is 0 Å². The van der Waals surface area contributed by atoms with Crippen molar-refractivity contribution in [2.24, 2.45) is 5.73 Å². The molecule has 7 nitrogen and oxygen atoms in total. The Morgan fingerprint density at radius 1 is 0.824 bits per heavy atom. The number of hydrogen-bond acceptors (Lipinski definition) is 7. The third kappa shape index (κ3) is 5.43. The van der Waals surface area contributed by atoms with Gasteiger partial charge in [0.1, 0.15) is 11.5 Å². The summed E-state index contributed by atoms with van der Waals surface area (Å²) in [6, 6.07) is 18.8. The van der Waals surface area contributed by atoms with Gasteiger partial charge in [0.15, 0.2) is 5.82 Å². The highest BCUT2D eigenvalue weighted by molar-refractivity contribution is 5.49. The first-order chi connectivity index (χ1) is 16.6. The Morgan fingerprint density at radius 2 is 1.56 bits per heavy atom. The molecular formula is C27H29N7. The van der Waals surface area contributed by atoms with Gasteiger partial charge in [0.25, 0.3) is 0 Å². The smallest absolute Gasteiger partial charge is 0.178 e. The van der Waals surface area contributed by atoms with Crippen molar-refractivity contribution in [3.63, 3.8) is 0 Å². The van der Waals surface area contributed by atoms with Crippen LogP contribution >= 0.6 is 0 Å². The minimum absolute atomic E-state index is 0.341. The van der Waals surface area contributed by atoms with Gasteiger partial charge >= 0.3 is 0 Å². The lowest BCUT2D eigenvalue weighted by Crippen LogP contribution is -2.39. The van der Waals surface area contributed by atoms with Crippen molar-refractivity contribution in [3.8, 4) is 11.5 Å². The van der Waals surface area contributed by atoms with E-state index in [1.807, 2.05) is 43.5 Å². The number of rotatable bonds is 6. The van der Waals surface area contributed by atoms with Crippen molar-refractivity contribution in [3.05, 3.63) is 95.5 Å². The Bertz CT molecular complexity index is 1250. The van der Waals surface area contributed by atoms with Crippen molar-refractivity contribution in [1.29, 1.82) is 0 Å². The number of benzene rings is 1. The third-order valence-corrected chi connectivity index (χ3v) is 6.16. The van der Waals surface area contributed by atoms with Crippen LogP contribution in [0.5, 0.6) is 0 Å². The molecule has 5 rings (SSSR count). The zero-order valence-corrected chi connectivity index (χ0v) is 19.4. The van der Waals surface area contributed by atoms with Crippen molar-refractivity contribution >= 4 is 5.69 Å². The summed E-state index contributed by atoms with van der Waals surface area (Å²) < 4.78 is 0. The lowest BCUT2D eigenvalue weighted by atomic mass is 10.0. The zero-order valence-electron chi connectivity index (χ0n) is 19.4. The normalized spacial score (nSPS) is 14.4. The summed E-state index contributed by atoms with van der Waals surface area (Å²) >= 11 is 0. The maximum absolute atomic E-state index is 6.03. The van der Waals surface area contributed by atoms with E-state index in [9.17, 15) is 0 Å². The number of pyridine rings is 1. The van der Waals surface area contributed by atoms with E-state index in [0.29, 0.717) is 24.7 Å². The van der Waals surface area contributed by atoms with Gasteiger partial charge in [-0.05, 0) is 61.7 Å². The highest BCUT2D eigenvalue weighted by atomic mass is 15.1. The molecule has 0 amide bonds. The molecular weight excluding hydrogens is 422 g/mol. The largest absolute Gasteiger partial charge is 0.371 e. The lowest BCUT2D eigenvalue weighted by Gasteiger charge is -2.32. The minimum Gasteiger partial charge on any atom is -0.371 e. The highest BCUT2D eigenvalue weighted by Gasteiger charge is 2.16.